The van der Waals surface area contributed by atoms with E-state index in [0.717, 1.165) is 12.0 Å². The Morgan fingerprint density at radius 3 is 2.73 bits per heavy atom. The van der Waals surface area contributed by atoms with Crippen LogP contribution in [0.2, 0.25) is 0 Å². The molecule has 26 heavy (non-hydrogen) atoms. The summed E-state index contributed by atoms with van der Waals surface area (Å²) in [5, 5.41) is 14.4. The molecule has 2 heterocycles. The number of benzene rings is 1. The van der Waals surface area contributed by atoms with E-state index >= 15 is 0 Å². The number of aromatic hydroxyl groups is 1. The number of aromatic nitrogens is 1. The largest absolute Gasteiger partial charge is 0.507 e. The highest BCUT2D eigenvalue weighted by Gasteiger charge is 2.21. The van der Waals surface area contributed by atoms with Crippen molar-refractivity contribution in [3.63, 3.8) is 0 Å². The molecule has 3 aromatic rings. The third-order valence-corrected chi connectivity index (χ3v) is 3.95. The van der Waals surface area contributed by atoms with Crippen LogP contribution in [0.25, 0.3) is 22.6 Å². The average Bonchev–Trinajstić information content (AvgIpc) is 3.30. The molecule has 1 aromatic carbocycles. The maximum Gasteiger partial charge on any atom is 0.374 e. The second-order valence-electron chi connectivity index (χ2n) is 5.50. The minimum Gasteiger partial charge on any atom is -0.507 e. The lowest BCUT2D eigenvalue weighted by atomic mass is 10.0. The van der Waals surface area contributed by atoms with Crippen molar-refractivity contribution < 1.29 is 28.3 Å². The molecule has 0 atom stereocenters. The fourth-order valence-corrected chi connectivity index (χ4v) is 2.67. The zero-order valence-corrected chi connectivity index (χ0v) is 14.7. The van der Waals surface area contributed by atoms with Gasteiger partial charge in [-0.1, -0.05) is 12.1 Å². The summed E-state index contributed by atoms with van der Waals surface area (Å²) in [5.41, 5.74) is 2.33. The summed E-state index contributed by atoms with van der Waals surface area (Å²) in [6.45, 7) is 3.96. The summed E-state index contributed by atoms with van der Waals surface area (Å²) in [4.78, 5) is 11.8. The molecule has 0 unspecified atom stereocenters. The van der Waals surface area contributed by atoms with Gasteiger partial charge >= 0.3 is 5.97 Å². The number of rotatable bonds is 6. The van der Waals surface area contributed by atoms with E-state index in [4.69, 9.17) is 18.4 Å². The van der Waals surface area contributed by atoms with Gasteiger partial charge in [0.05, 0.1) is 19.3 Å². The summed E-state index contributed by atoms with van der Waals surface area (Å²) < 4.78 is 20.9. The van der Waals surface area contributed by atoms with Crippen molar-refractivity contribution in [1.82, 2.24) is 5.16 Å². The normalized spacial score (nSPS) is 10.7. The smallest absolute Gasteiger partial charge is 0.374 e. The van der Waals surface area contributed by atoms with Crippen LogP contribution in [0.5, 0.6) is 11.5 Å². The molecule has 0 aliphatic heterocycles. The quantitative estimate of drug-likeness (QED) is 0.665. The van der Waals surface area contributed by atoms with Crippen molar-refractivity contribution in [2.75, 3.05) is 13.7 Å². The number of hydrogen-bond acceptors (Lipinski definition) is 7. The first-order valence-corrected chi connectivity index (χ1v) is 8.20. The Morgan fingerprint density at radius 2 is 2.04 bits per heavy atom. The molecule has 136 valence electrons. The SMILES string of the molecule is CCOC(=O)c1ccc(-c2conc2-c2cc(CC)c(OC)cc2O)o1. The molecule has 0 bridgehead atoms. The number of phenolic OH excluding ortho intramolecular Hbond substituents is 1. The van der Waals surface area contributed by atoms with Crippen LogP contribution in [-0.4, -0.2) is 29.9 Å². The number of esters is 1. The molecule has 7 nitrogen and oxygen atoms in total. The van der Waals surface area contributed by atoms with Crippen LogP contribution in [0.15, 0.2) is 39.5 Å². The maximum absolute atomic E-state index is 11.8. The van der Waals surface area contributed by atoms with Crippen LogP contribution in [-0.2, 0) is 11.2 Å². The molecule has 0 saturated carbocycles. The number of carbonyl (C=O) groups is 1. The van der Waals surface area contributed by atoms with Gasteiger partial charge in [0.2, 0.25) is 5.76 Å². The fraction of sp³-hybridized carbons (Fsp3) is 0.263. The van der Waals surface area contributed by atoms with Gasteiger partial charge in [0.1, 0.15) is 29.2 Å². The van der Waals surface area contributed by atoms with Gasteiger partial charge in [-0.05, 0) is 37.1 Å². The van der Waals surface area contributed by atoms with E-state index in [2.05, 4.69) is 5.16 Å². The number of methoxy groups -OCH3 is 1. The Balaban J connectivity index is 2.03. The van der Waals surface area contributed by atoms with Gasteiger partial charge in [0.25, 0.3) is 0 Å². The average molecular weight is 357 g/mol. The summed E-state index contributed by atoms with van der Waals surface area (Å²) in [6, 6.07) is 6.49. The molecule has 0 saturated heterocycles. The maximum atomic E-state index is 11.8. The van der Waals surface area contributed by atoms with Crippen LogP contribution in [0.1, 0.15) is 30.0 Å². The van der Waals surface area contributed by atoms with Crippen LogP contribution in [0.4, 0.5) is 0 Å². The summed E-state index contributed by atoms with van der Waals surface area (Å²) in [7, 11) is 1.55. The Kier molecular flexibility index (Phi) is 4.97. The lowest BCUT2D eigenvalue weighted by molar-refractivity contribution is 0.0491. The first-order chi connectivity index (χ1) is 12.6. The van der Waals surface area contributed by atoms with Crippen molar-refractivity contribution in [2.45, 2.75) is 20.3 Å². The van der Waals surface area contributed by atoms with Crippen molar-refractivity contribution in [2.24, 2.45) is 0 Å². The number of hydrogen-bond donors (Lipinski definition) is 1. The summed E-state index contributed by atoms with van der Waals surface area (Å²) >= 11 is 0. The van der Waals surface area contributed by atoms with Gasteiger partial charge in [0.15, 0.2) is 0 Å². The van der Waals surface area contributed by atoms with E-state index in [1.807, 2.05) is 6.92 Å². The van der Waals surface area contributed by atoms with E-state index in [1.54, 1.807) is 32.2 Å². The molecule has 0 aliphatic carbocycles. The van der Waals surface area contributed by atoms with Crippen molar-refractivity contribution in [1.29, 1.82) is 0 Å². The highest BCUT2D eigenvalue weighted by atomic mass is 16.5. The van der Waals surface area contributed by atoms with E-state index in [9.17, 15) is 9.90 Å². The number of ether oxygens (including phenoxy) is 2. The van der Waals surface area contributed by atoms with Gasteiger partial charge in [0, 0.05) is 11.6 Å². The third-order valence-electron chi connectivity index (χ3n) is 3.95. The Bertz CT molecular complexity index is 924. The number of phenols is 1. The Morgan fingerprint density at radius 1 is 1.23 bits per heavy atom. The van der Waals surface area contributed by atoms with Crippen LogP contribution < -0.4 is 4.74 Å². The highest BCUT2D eigenvalue weighted by molar-refractivity contribution is 5.88. The van der Waals surface area contributed by atoms with Crippen LogP contribution >= 0.6 is 0 Å². The van der Waals surface area contributed by atoms with E-state index in [0.29, 0.717) is 28.3 Å². The first kappa shape index (κ1) is 17.6. The van der Waals surface area contributed by atoms with Crippen LogP contribution in [0.3, 0.4) is 0 Å². The van der Waals surface area contributed by atoms with Crippen molar-refractivity contribution in [3.05, 3.63) is 41.9 Å². The molecule has 0 fully saturated rings. The zero-order valence-electron chi connectivity index (χ0n) is 14.7. The van der Waals surface area contributed by atoms with Crippen molar-refractivity contribution in [3.8, 4) is 34.1 Å². The Labute approximate surface area is 150 Å². The minimum atomic E-state index is -0.544. The van der Waals surface area contributed by atoms with E-state index < -0.39 is 5.97 Å². The molecule has 0 aliphatic rings. The number of furan rings is 1. The second kappa shape index (κ2) is 7.35. The second-order valence-corrected chi connectivity index (χ2v) is 5.50. The lowest BCUT2D eigenvalue weighted by Gasteiger charge is -2.10. The van der Waals surface area contributed by atoms with Crippen molar-refractivity contribution >= 4 is 5.97 Å². The molecule has 1 N–H and O–H groups in total. The first-order valence-electron chi connectivity index (χ1n) is 8.20. The van der Waals surface area contributed by atoms with Gasteiger partial charge in [-0.2, -0.15) is 0 Å². The number of aryl methyl sites for hydroxylation is 1. The lowest BCUT2D eigenvalue weighted by Crippen LogP contribution is -2.02. The molecule has 3 rings (SSSR count). The standard InChI is InChI=1S/C19H19NO6/c1-4-11-8-12(14(21)9-17(11)23-3)18-13(10-25-20-18)15-6-7-16(26-15)19(22)24-5-2/h6-10,21H,4-5H2,1-3H3. The van der Waals surface area contributed by atoms with Gasteiger partial charge in [-0.25, -0.2) is 4.79 Å². The number of nitrogens with zero attached hydrogens (tertiary/aromatic N) is 1. The third kappa shape index (κ3) is 3.15. The molecule has 0 spiro atoms. The van der Waals surface area contributed by atoms with E-state index in [1.165, 1.54) is 12.3 Å². The molecule has 2 aromatic heterocycles. The monoisotopic (exact) mass is 357 g/mol. The molecular formula is C19H19NO6. The van der Waals surface area contributed by atoms with Crippen LogP contribution in [0, 0.1) is 0 Å². The predicted molar refractivity (Wildman–Crippen MR) is 93.2 cm³/mol. The molecule has 0 radical (unpaired) electrons. The number of carbonyl (C=O) groups excluding carboxylic acids is 1. The molecule has 0 amide bonds. The molecule has 7 heteroatoms. The topological polar surface area (TPSA) is 94.9 Å². The fourth-order valence-electron chi connectivity index (χ4n) is 2.67. The van der Waals surface area contributed by atoms with Gasteiger partial charge < -0.3 is 23.5 Å². The van der Waals surface area contributed by atoms with E-state index in [-0.39, 0.29) is 18.1 Å². The Hall–Kier alpha value is -3.22. The van der Waals surface area contributed by atoms with Gasteiger partial charge in [-0.15, -0.1) is 0 Å². The van der Waals surface area contributed by atoms with Gasteiger partial charge in [-0.3, -0.25) is 0 Å². The highest BCUT2D eigenvalue weighted by Crippen LogP contribution is 2.40. The summed E-state index contributed by atoms with van der Waals surface area (Å²) in [5.74, 6) is 0.532. The zero-order chi connectivity index (χ0) is 18.7. The molecular weight excluding hydrogens is 338 g/mol. The summed E-state index contributed by atoms with van der Waals surface area (Å²) in [6.07, 6.45) is 2.12. The predicted octanol–water partition coefficient (Wildman–Crippen LogP) is 4.05. The minimum absolute atomic E-state index is 0.00590.